The van der Waals surface area contributed by atoms with Crippen LogP contribution in [0.3, 0.4) is 0 Å². The van der Waals surface area contributed by atoms with E-state index in [0.29, 0.717) is 12.2 Å². The van der Waals surface area contributed by atoms with Gasteiger partial charge in [0, 0.05) is 6.54 Å². The van der Waals surface area contributed by atoms with Crippen LogP contribution >= 0.6 is 0 Å². The van der Waals surface area contributed by atoms with Crippen molar-refractivity contribution in [1.29, 1.82) is 0 Å². The summed E-state index contributed by atoms with van der Waals surface area (Å²) in [6.45, 7) is 6.21. The monoisotopic (exact) mass is 244 g/mol. The van der Waals surface area contributed by atoms with E-state index >= 15 is 0 Å². The Morgan fingerprint density at radius 2 is 1.88 bits per heavy atom. The van der Waals surface area contributed by atoms with Gasteiger partial charge >= 0.3 is 0 Å². The lowest BCUT2D eigenvalue weighted by atomic mass is 10.1. The quantitative estimate of drug-likeness (QED) is 0.852. The van der Waals surface area contributed by atoms with Crippen LogP contribution in [0.25, 0.3) is 0 Å². The van der Waals surface area contributed by atoms with E-state index in [0.717, 1.165) is 17.4 Å². The topological polar surface area (TPSA) is 72.2 Å². The predicted molar refractivity (Wildman–Crippen MR) is 68.9 cm³/mol. The Bertz CT molecular complexity index is 428. The van der Waals surface area contributed by atoms with E-state index in [-0.39, 0.29) is 0 Å². The highest BCUT2D eigenvalue weighted by Crippen LogP contribution is 2.17. The van der Waals surface area contributed by atoms with Gasteiger partial charge < -0.3 is 5.73 Å². The molecule has 0 fully saturated rings. The molecule has 0 saturated carbocycles. The highest BCUT2D eigenvalue weighted by Gasteiger charge is 2.06. The van der Waals surface area contributed by atoms with Gasteiger partial charge in [0.2, 0.25) is 10.0 Å². The summed E-state index contributed by atoms with van der Waals surface area (Å²) in [5.41, 5.74) is 7.84. The van der Waals surface area contributed by atoms with Crippen LogP contribution in [0.15, 0.2) is 18.2 Å². The molecular weight excluding hydrogens is 224 g/mol. The van der Waals surface area contributed by atoms with E-state index in [9.17, 15) is 8.42 Å². The number of hydrogen-bond acceptors (Lipinski definition) is 3. The van der Waals surface area contributed by atoms with Crippen LogP contribution in [0.1, 0.15) is 25.0 Å². The molecular formula is C11H20N2O2S. The average molecular weight is 244 g/mol. The zero-order valence-corrected chi connectivity index (χ0v) is 11.1. The molecule has 92 valence electrons. The van der Waals surface area contributed by atoms with Gasteiger partial charge in [0.05, 0.1) is 11.9 Å². The van der Waals surface area contributed by atoms with Crippen molar-refractivity contribution in [3.8, 4) is 0 Å². The molecule has 0 aromatic heterocycles. The second-order valence-electron chi connectivity index (χ2n) is 3.24. The molecule has 0 aliphatic rings. The second kappa shape index (κ2) is 6.50. The van der Waals surface area contributed by atoms with Gasteiger partial charge in [-0.3, -0.25) is 4.72 Å². The lowest BCUT2D eigenvalue weighted by Gasteiger charge is -2.09. The number of nitrogens with two attached hydrogens (primary N) is 1. The first kappa shape index (κ1) is 14.9. The summed E-state index contributed by atoms with van der Waals surface area (Å²) in [5.74, 6) is 0. The van der Waals surface area contributed by atoms with Crippen molar-refractivity contribution in [3.63, 3.8) is 0 Å². The predicted octanol–water partition coefficient (Wildman–Crippen LogP) is 1.85. The molecule has 0 bridgehead atoms. The summed E-state index contributed by atoms with van der Waals surface area (Å²) >= 11 is 0. The molecule has 0 heterocycles. The molecule has 1 aromatic rings. The number of rotatable bonds is 3. The number of nitrogens with one attached hydrogen (secondary N) is 1. The minimum Gasteiger partial charge on any atom is -0.326 e. The maximum Gasteiger partial charge on any atom is 0.229 e. The Morgan fingerprint density at radius 1 is 1.31 bits per heavy atom. The van der Waals surface area contributed by atoms with Gasteiger partial charge in [0.1, 0.15) is 0 Å². The van der Waals surface area contributed by atoms with Crippen LogP contribution in [-0.4, -0.2) is 14.7 Å². The molecule has 0 radical (unpaired) electrons. The number of anilines is 1. The normalized spacial score (nSPS) is 10.3. The summed E-state index contributed by atoms with van der Waals surface area (Å²) in [7, 11) is -3.23. The Hall–Kier alpha value is -1.07. The minimum absolute atomic E-state index is 0.318. The van der Waals surface area contributed by atoms with Crippen LogP contribution in [0.4, 0.5) is 5.69 Å². The number of aryl methyl sites for hydroxylation is 1. The van der Waals surface area contributed by atoms with Crippen LogP contribution in [-0.2, 0) is 16.6 Å². The zero-order valence-electron chi connectivity index (χ0n) is 10.2. The van der Waals surface area contributed by atoms with Gasteiger partial charge in [0.25, 0.3) is 0 Å². The van der Waals surface area contributed by atoms with Gasteiger partial charge in [-0.25, -0.2) is 8.42 Å². The summed E-state index contributed by atoms with van der Waals surface area (Å²) in [4.78, 5) is 0. The maximum absolute atomic E-state index is 11.0. The molecule has 16 heavy (non-hydrogen) atoms. The van der Waals surface area contributed by atoms with E-state index < -0.39 is 10.0 Å². The van der Waals surface area contributed by atoms with Crippen LogP contribution in [0.2, 0.25) is 0 Å². The van der Waals surface area contributed by atoms with Gasteiger partial charge in [-0.15, -0.1) is 0 Å². The van der Waals surface area contributed by atoms with Gasteiger partial charge in [0.15, 0.2) is 0 Å². The van der Waals surface area contributed by atoms with E-state index in [1.807, 2.05) is 32.9 Å². The Kier molecular flexibility index (Phi) is 6.06. The van der Waals surface area contributed by atoms with E-state index in [4.69, 9.17) is 5.73 Å². The third kappa shape index (κ3) is 5.14. The molecule has 0 unspecified atom stereocenters. The molecule has 1 rings (SSSR count). The van der Waals surface area contributed by atoms with Crippen molar-refractivity contribution >= 4 is 15.7 Å². The lowest BCUT2D eigenvalue weighted by molar-refractivity contribution is 0.606. The SMILES string of the molecule is CC.Cc1ccc(CN)c(NS(C)(=O)=O)c1. The van der Waals surface area contributed by atoms with Gasteiger partial charge in [-0.1, -0.05) is 26.0 Å². The first-order valence-electron chi connectivity index (χ1n) is 5.20. The minimum atomic E-state index is -3.23. The van der Waals surface area contributed by atoms with Crippen LogP contribution in [0.5, 0.6) is 0 Å². The second-order valence-corrected chi connectivity index (χ2v) is 4.99. The smallest absolute Gasteiger partial charge is 0.229 e. The Labute approximate surface area is 97.9 Å². The first-order valence-corrected chi connectivity index (χ1v) is 7.09. The molecule has 0 spiro atoms. The third-order valence-electron chi connectivity index (χ3n) is 1.78. The molecule has 0 saturated heterocycles. The van der Waals surface area contributed by atoms with Crippen molar-refractivity contribution in [2.45, 2.75) is 27.3 Å². The van der Waals surface area contributed by atoms with Gasteiger partial charge in [-0.2, -0.15) is 0 Å². The number of hydrogen-bond donors (Lipinski definition) is 2. The molecule has 0 aliphatic heterocycles. The van der Waals surface area contributed by atoms with E-state index in [1.165, 1.54) is 0 Å². The van der Waals surface area contributed by atoms with E-state index in [1.54, 1.807) is 6.07 Å². The average Bonchev–Trinajstić information content (AvgIpc) is 2.19. The molecule has 1 aromatic carbocycles. The fourth-order valence-electron chi connectivity index (χ4n) is 1.16. The lowest BCUT2D eigenvalue weighted by Crippen LogP contribution is -2.12. The molecule has 3 N–H and O–H groups in total. The Morgan fingerprint density at radius 3 is 2.31 bits per heavy atom. The summed E-state index contributed by atoms with van der Waals surface area (Å²) < 4.78 is 24.5. The van der Waals surface area contributed by atoms with Crippen molar-refractivity contribution in [1.82, 2.24) is 0 Å². The van der Waals surface area contributed by atoms with Crippen LogP contribution < -0.4 is 10.5 Å². The molecule has 0 atom stereocenters. The van der Waals surface area contributed by atoms with Crippen molar-refractivity contribution in [3.05, 3.63) is 29.3 Å². The highest BCUT2D eigenvalue weighted by molar-refractivity contribution is 7.92. The van der Waals surface area contributed by atoms with Crippen molar-refractivity contribution in [2.24, 2.45) is 5.73 Å². The van der Waals surface area contributed by atoms with Crippen LogP contribution in [0, 0.1) is 6.92 Å². The first-order chi connectivity index (χ1) is 7.42. The largest absolute Gasteiger partial charge is 0.326 e. The number of sulfonamides is 1. The third-order valence-corrected chi connectivity index (χ3v) is 2.37. The zero-order chi connectivity index (χ0) is 12.8. The van der Waals surface area contributed by atoms with Gasteiger partial charge in [-0.05, 0) is 24.1 Å². The summed E-state index contributed by atoms with van der Waals surface area (Å²) in [6, 6.07) is 5.49. The molecule has 5 heteroatoms. The number of benzene rings is 1. The fraction of sp³-hybridized carbons (Fsp3) is 0.455. The van der Waals surface area contributed by atoms with E-state index in [2.05, 4.69) is 4.72 Å². The summed E-state index contributed by atoms with van der Waals surface area (Å²) in [6.07, 6.45) is 1.12. The fourth-order valence-corrected chi connectivity index (χ4v) is 1.75. The molecule has 0 aliphatic carbocycles. The van der Waals surface area contributed by atoms with Crippen molar-refractivity contribution in [2.75, 3.05) is 11.0 Å². The Balaban J connectivity index is 0.00000106. The standard InChI is InChI=1S/C9H14N2O2S.C2H6/c1-7-3-4-8(6-10)9(5-7)11-14(2,12)13;1-2/h3-5,11H,6,10H2,1-2H3;1-2H3. The van der Waals surface area contributed by atoms with Crippen molar-refractivity contribution < 1.29 is 8.42 Å². The molecule has 0 amide bonds. The summed E-state index contributed by atoms with van der Waals surface area (Å²) in [5, 5.41) is 0. The highest BCUT2D eigenvalue weighted by atomic mass is 32.2. The maximum atomic E-state index is 11.0. The molecule has 4 nitrogen and oxygen atoms in total.